The second-order valence-corrected chi connectivity index (χ2v) is 3.60. The molecule has 1 atom stereocenters. The van der Waals surface area contributed by atoms with Crippen molar-refractivity contribution >= 4 is 11.8 Å². The summed E-state index contributed by atoms with van der Waals surface area (Å²) in [6, 6.07) is 0. The number of rotatable bonds is 6. The molecule has 0 aromatic carbocycles. The Labute approximate surface area is 94.4 Å². The molecule has 0 fully saturated rings. The number of aliphatic hydroxyl groups is 2. The van der Waals surface area contributed by atoms with Crippen LogP contribution in [0.5, 0.6) is 0 Å². The SMILES string of the molecule is NC1=NC(CCCO)=NC(CCCO)N1N. The van der Waals surface area contributed by atoms with E-state index in [0.29, 0.717) is 31.5 Å². The largest absolute Gasteiger partial charge is 0.396 e. The van der Waals surface area contributed by atoms with E-state index in [-0.39, 0.29) is 25.3 Å². The Hall–Kier alpha value is -1.18. The van der Waals surface area contributed by atoms with Crippen molar-refractivity contribution in [3.05, 3.63) is 0 Å². The van der Waals surface area contributed by atoms with Crippen molar-refractivity contribution in [3.63, 3.8) is 0 Å². The molecule has 0 aliphatic carbocycles. The van der Waals surface area contributed by atoms with E-state index in [1.54, 1.807) is 0 Å². The molecule has 1 aliphatic heterocycles. The zero-order valence-corrected chi connectivity index (χ0v) is 9.21. The molecule has 92 valence electrons. The first-order chi connectivity index (χ1) is 7.69. The lowest BCUT2D eigenvalue weighted by Gasteiger charge is -2.28. The van der Waals surface area contributed by atoms with E-state index in [9.17, 15) is 0 Å². The van der Waals surface area contributed by atoms with Crippen molar-refractivity contribution in [1.82, 2.24) is 5.01 Å². The molecule has 0 spiro atoms. The molecule has 7 heteroatoms. The molecule has 16 heavy (non-hydrogen) atoms. The fraction of sp³-hybridized carbons (Fsp3) is 0.778. The summed E-state index contributed by atoms with van der Waals surface area (Å²) in [6.07, 6.45) is 2.17. The maximum Gasteiger partial charge on any atom is 0.214 e. The first-order valence-electron chi connectivity index (χ1n) is 5.35. The van der Waals surface area contributed by atoms with E-state index in [1.165, 1.54) is 5.01 Å². The minimum Gasteiger partial charge on any atom is -0.396 e. The molecular weight excluding hydrogens is 210 g/mol. The number of nitrogens with zero attached hydrogens (tertiary/aromatic N) is 3. The van der Waals surface area contributed by atoms with Crippen LogP contribution in [0.1, 0.15) is 25.7 Å². The summed E-state index contributed by atoms with van der Waals surface area (Å²) >= 11 is 0. The van der Waals surface area contributed by atoms with Crippen LogP contribution < -0.4 is 11.6 Å². The summed E-state index contributed by atoms with van der Waals surface area (Å²) in [5, 5.41) is 18.8. The molecule has 7 nitrogen and oxygen atoms in total. The van der Waals surface area contributed by atoms with Crippen LogP contribution in [-0.4, -0.2) is 46.4 Å². The third-order valence-corrected chi connectivity index (χ3v) is 2.31. The van der Waals surface area contributed by atoms with E-state index in [1.807, 2.05) is 0 Å². The second-order valence-electron chi connectivity index (χ2n) is 3.60. The fourth-order valence-electron chi connectivity index (χ4n) is 1.44. The van der Waals surface area contributed by atoms with E-state index in [0.717, 1.165) is 0 Å². The molecule has 0 radical (unpaired) electrons. The van der Waals surface area contributed by atoms with Gasteiger partial charge in [0, 0.05) is 19.6 Å². The average Bonchev–Trinajstić information content (AvgIpc) is 2.28. The Bertz CT molecular complexity index is 279. The van der Waals surface area contributed by atoms with Crippen molar-refractivity contribution in [2.24, 2.45) is 21.6 Å². The monoisotopic (exact) mass is 229 g/mol. The molecule has 1 unspecified atom stereocenters. The molecule has 6 N–H and O–H groups in total. The Morgan fingerprint density at radius 3 is 2.56 bits per heavy atom. The van der Waals surface area contributed by atoms with E-state index in [4.69, 9.17) is 21.8 Å². The number of nitrogens with two attached hydrogens (primary N) is 2. The van der Waals surface area contributed by atoms with Crippen molar-refractivity contribution < 1.29 is 10.2 Å². The first-order valence-corrected chi connectivity index (χ1v) is 5.35. The molecule has 0 saturated carbocycles. The van der Waals surface area contributed by atoms with Gasteiger partial charge in [0.05, 0.1) is 0 Å². The van der Waals surface area contributed by atoms with Gasteiger partial charge in [0.1, 0.15) is 12.0 Å². The third kappa shape index (κ3) is 3.44. The van der Waals surface area contributed by atoms with Crippen molar-refractivity contribution in [3.8, 4) is 0 Å². The zero-order valence-electron chi connectivity index (χ0n) is 9.21. The van der Waals surface area contributed by atoms with Crippen molar-refractivity contribution in [2.45, 2.75) is 31.8 Å². The molecule has 0 aromatic rings. The van der Waals surface area contributed by atoms with Gasteiger partial charge in [-0.2, -0.15) is 4.99 Å². The quantitative estimate of drug-likeness (QED) is 0.424. The summed E-state index contributed by atoms with van der Waals surface area (Å²) in [5.41, 5.74) is 5.65. The highest BCUT2D eigenvalue weighted by atomic mass is 16.3. The Morgan fingerprint density at radius 2 is 1.94 bits per heavy atom. The summed E-state index contributed by atoms with van der Waals surface area (Å²) in [6.45, 7) is 0.199. The van der Waals surface area contributed by atoms with Crippen LogP contribution in [0.2, 0.25) is 0 Å². The van der Waals surface area contributed by atoms with Gasteiger partial charge in [0.15, 0.2) is 0 Å². The highest BCUT2D eigenvalue weighted by Crippen LogP contribution is 2.11. The van der Waals surface area contributed by atoms with Gasteiger partial charge in [-0.05, 0) is 19.3 Å². The van der Waals surface area contributed by atoms with E-state index >= 15 is 0 Å². The van der Waals surface area contributed by atoms with Gasteiger partial charge in [-0.1, -0.05) is 0 Å². The lowest BCUT2D eigenvalue weighted by Crippen LogP contribution is -2.51. The maximum absolute atomic E-state index is 8.75. The first kappa shape index (κ1) is 12.9. The Morgan fingerprint density at radius 1 is 1.25 bits per heavy atom. The molecule has 0 amide bonds. The third-order valence-electron chi connectivity index (χ3n) is 2.31. The number of hydrogen-bond donors (Lipinski definition) is 4. The van der Waals surface area contributed by atoms with Crippen LogP contribution in [0.3, 0.4) is 0 Å². The number of hydrogen-bond acceptors (Lipinski definition) is 7. The van der Waals surface area contributed by atoms with Gasteiger partial charge in [0.2, 0.25) is 5.96 Å². The summed E-state index contributed by atoms with van der Waals surface area (Å²) in [5.74, 6) is 6.53. The molecule has 1 heterocycles. The van der Waals surface area contributed by atoms with Crippen LogP contribution in [0, 0.1) is 0 Å². The maximum atomic E-state index is 8.75. The Balaban J connectivity index is 2.61. The number of hydrazine groups is 1. The van der Waals surface area contributed by atoms with Gasteiger partial charge < -0.3 is 15.9 Å². The molecule has 1 rings (SSSR count). The summed E-state index contributed by atoms with van der Waals surface area (Å²) in [7, 11) is 0. The Kier molecular flexibility index (Phi) is 5.17. The highest BCUT2D eigenvalue weighted by Gasteiger charge is 2.21. The molecule has 0 aromatic heterocycles. The predicted molar refractivity (Wildman–Crippen MR) is 61.5 cm³/mol. The van der Waals surface area contributed by atoms with E-state index < -0.39 is 0 Å². The smallest absolute Gasteiger partial charge is 0.214 e. The average molecular weight is 229 g/mol. The zero-order chi connectivity index (χ0) is 12.0. The fourth-order valence-corrected chi connectivity index (χ4v) is 1.44. The summed E-state index contributed by atoms with van der Waals surface area (Å²) < 4.78 is 0. The van der Waals surface area contributed by atoms with Gasteiger partial charge in [-0.15, -0.1) is 0 Å². The normalized spacial score (nSPS) is 20.7. The topological polar surface area (TPSA) is 120 Å². The molecule has 0 bridgehead atoms. The van der Waals surface area contributed by atoms with Crippen LogP contribution in [-0.2, 0) is 0 Å². The van der Waals surface area contributed by atoms with Gasteiger partial charge in [0.25, 0.3) is 0 Å². The van der Waals surface area contributed by atoms with Crippen LogP contribution >= 0.6 is 0 Å². The lowest BCUT2D eigenvalue weighted by molar-refractivity contribution is 0.244. The number of aliphatic hydroxyl groups excluding tert-OH is 2. The lowest BCUT2D eigenvalue weighted by atomic mass is 10.2. The number of amidine groups is 1. The second kappa shape index (κ2) is 6.41. The van der Waals surface area contributed by atoms with Crippen molar-refractivity contribution in [2.75, 3.05) is 13.2 Å². The minimum absolute atomic E-state index is 0.0993. The standard InChI is InChI=1S/C9H19N5O2/c10-9-13-7(3-1-5-15)12-8(14(9)11)4-2-6-16/h8,15-16H,1-6,11H2,(H2,10,12,13). The molecular formula is C9H19N5O2. The van der Waals surface area contributed by atoms with Gasteiger partial charge in [-0.25, -0.2) is 10.8 Å². The predicted octanol–water partition coefficient (Wildman–Crippen LogP) is -1.24. The van der Waals surface area contributed by atoms with Gasteiger partial charge in [-0.3, -0.25) is 5.01 Å². The number of aliphatic imine (C=N–C) groups is 2. The highest BCUT2D eigenvalue weighted by molar-refractivity contribution is 5.96. The molecule has 0 saturated heterocycles. The van der Waals surface area contributed by atoms with Crippen LogP contribution in [0.4, 0.5) is 0 Å². The van der Waals surface area contributed by atoms with Crippen LogP contribution in [0.15, 0.2) is 9.98 Å². The minimum atomic E-state index is -0.265. The van der Waals surface area contributed by atoms with Crippen LogP contribution in [0.25, 0.3) is 0 Å². The van der Waals surface area contributed by atoms with Gasteiger partial charge >= 0.3 is 0 Å². The summed E-state index contributed by atoms with van der Waals surface area (Å²) in [4.78, 5) is 8.35. The van der Waals surface area contributed by atoms with Crippen molar-refractivity contribution in [1.29, 1.82) is 0 Å². The van der Waals surface area contributed by atoms with E-state index in [2.05, 4.69) is 9.98 Å². The number of guanidine groups is 1. The molecule has 1 aliphatic rings.